The molecule has 2 rings (SSSR count). The van der Waals surface area contributed by atoms with Crippen LogP contribution in [0.3, 0.4) is 0 Å². The van der Waals surface area contributed by atoms with E-state index in [1.165, 1.54) is 4.88 Å². The summed E-state index contributed by atoms with van der Waals surface area (Å²) in [7, 11) is 0. The molecular weight excluding hydrogens is 182 g/mol. The van der Waals surface area contributed by atoms with Crippen LogP contribution in [-0.4, -0.2) is 11.8 Å². The second-order valence-electron chi connectivity index (χ2n) is 3.72. The first-order valence-corrected chi connectivity index (χ1v) is 5.42. The molecule has 0 aromatic carbocycles. The lowest BCUT2D eigenvalue weighted by atomic mass is 9.92. The standard InChI is InChI=1S/C10H13NOS/c1-6(2)9-10(12)7-3-4-13-8(7)5-11-9/h3-4,6,9,11H,5H2,1-2H3/t9-/m0/s1. The molecule has 1 aliphatic rings. The fourth-order valence-electron chi connectivity index (χ4n) is 1.70. The van der Waals surface area contributed by atoms with Gasteiger partial charge in [0.25, 0.3) is 0 Å². The molecule has 1 aliphatic heterocycles. The molecule has 0 amide bonds. The molecule has 3 heteroatoms. The van der Waals surface area contributed by atoms with Crippen molar-refractivity contribution < 1.29 is 4.79 Å². The minimum absolute atomic E-state index is 0.0158. The fraction of sp³-hybridized carbons (Fsp3) is 0.500. The largest absolute Gasteiger partial charge is 0.302 e. The summed E-state index contributed by atoms with van der Waals surface area (Å²) in [6.07, 6.45) is 0. The zero-order valence-electron chi connectivity index (χ0n) is 7.83. The number of thiophene rings is 1. The van der Waals surface area contributed by atoms with Gasteiger partial charge in [0.15, 0.2) is 5.78 Å². The zero-order valence-corrected chi connectivity index (χ0v) is 8.65. The highest BCUT2D eigenvalue weighted by Crippen LogP contribution is 2.24. The van der Waals surface area contributed by atoms with Gasteiger partial charge in [-0.15, -0.1) is 11.3 Å². The van der Waals surface area contributed by atoms with Gasteiger partial charge in [-0.1, -0.05) is 13.8 Å². The molecule has 2 heterocycles. The van der Waals surface area contributed by atoms with E-state index in [9.17, 15) is 4.79 Å². The van der Waals surface area contributed by atoms with Gasteiger partial charge >= 0.3 is 0 Å². The van der Waals surface area contributed by atoms with Crippen molar-refractivity contribution in [2.24, 2.45) is 5.92 Å². The number of carbonyl (C=O) groups is 1. The van der Waals surface area contributed by atoms with Gasteiger partial charge in [-0.3, -0.25) is 4.79 Å². The Balaban J connectivity index is 2.32. The smallest absolute Gasteiger partial charge is 0.181 e. The first kappa shape index (κ1) is 8.91. The van der Waals surface area contributed by atoms with Crippen molar-refractivity contribution in [3.05, 3.63) is 21.9 Å². The van der Waals surface area contributed by atoms with Gasteiger partial charge in [0.05, 0.1) is 6.04 Å². The van der Waals surface area contributed by atoms with Crippen LogP contribution < -0.4 is 5.32 Å². The molecule has 1 atom stereocenters. The van der Waals surface area contributed by atoms with Gasteiger partial charge in [0.1, 0.15) is 0 Å². The van der Waals surface area contributed by atoms with Gasteiger partial charge in [-0.25, -0.2) is 0 Å². The third-order valence-electron chi connectivity index (χ3n) is 2.44. The number of fused-ring (bicyclic) bond motifs is 1. The first-order chi connectivity index (χ1) is 6.20. The van der Waals surface area contributed by atoms with E-state index in [0.717, 1.165) is 12.1 Å². The summed E-state index contributed by atoms with van der Waals surface area (Å²) in [5.74, 6) is 0.637. The molecule has 0 radical (unpaired) electrons. The number of rotatable bonds is 1. The van der Waals surface area contributed by atoms with E-state index in [4.69, 9.17) is 0 Å². The van der Waals surface area contributed by atoms with Crippen LogP contribution in [0.15, 0.2) is 11.4 Å². The van der Waals surface area contributed by atoms with E-state index in [1.807, 2.05) is 11.4 Å². The molecule has 0 saturated carbocycles. The third-order valence-corrected chi connectivity index (χ3v) is 3.36. The molecule has 1 aromatic rings. The maximum absolute atomic E-state index is 11.9. The molecular formula is C10H13NOS. The minimum atomic E-state index is 0.0158. The van der Waals surface area contributed by atoms with Crippen LogP contribution in [0.2, 0.25) is 0 Å². The summed E-state index contributed by atoms with van der Waals surface area (Å²) in [6.45, 7) is 5.00. The van der Waals surface area contributed by atoms with Crippen LogP contribution >= 0.6 is 11.3 Å². The summed E-state index contributed by atoms with van der Waals surface area (Å²) in [5.41, 5.74) is 0.933. The quantitative estimate of drug-likeness (QED) is 0.743. The summed E-state index contributed by atoms with van der Waals surface area (Å²) in [6, 6.07) is 1.96. The molecule has 0 aliphatic carbocycles. The van der Waals surface area contributed by atoms with Crippen molar-refractivity contribution in [2.45, 2.75) is 26.4 Å². The lowest BCUT2D eigenvalue weighted by molar-refractivity contribution is 0.0904. The Bertz CT molecular complexity index is 329. The van der Waals surface area contributed by atoms with E-state index in [1.54, 1.807) is 11.3 Å². The predicted octanol–water partition coefficient (Wildman–Crippen LogP) is 2.06. The first-order valence-electron chi connectivity index (χ1n) is 4.54. The molecule has 0 bridgehead atoms. The van der Waals surface area contributed by atoms with Gasteiger partial charge < -0.3 is 5.32 Å². The average molecular weight is 195 g/mol. The zero-order chi connectivity index (χ0) is 9.42. The molecule has 0 saturated heterocycles. The monoisotopic (exact) mass is 195 g/mol. The topological polar surface area (TPSA) is 29.1 Å². The maximum Gasteiger partial charge on any atom is 0.181 e. The molecule has 1 N–H and O–H groups in total. The van der Waals surface area contributed by atoms with Gasteiger partial charge in [-0.05, 0) is 17.4 Å². The van der Waals surface area contributed by atoms with E-state index < -0.39 is 0 Å². The summed E-state index contributed by atoms with van der Waals surface area (Å²) in [5, 5.41) is 5.26. The van der Waals surface area contributed by atoms with Crippen molar-refractivity contribution in [1.82, 2.24) is 5.32 Å². The number of nitrogens with one attached hydrogen (secondary N) is 1. The van der Waals surface area contributed by atoms with E-state index >= 15 is 0 Å². The van der Waals surface area contributed by atoms with Crippen LogP contribution in [0.4, 0.5) is 0 Å². The number of carbonyl (C=O) groups excluding carboxylic acids is 1. The van der Waals surface area contributed by atoms with Crippen LogP contribution in [0.5, 0.6) is 0 Å². The Morgan fingerprint density at radius 2 is 2.38 bits per heavy atom. The Morgan fingerprint density at radius 1 is 1.62 bits per heavy atom. The fourth-order valence-corrected chi connectivity index (χ4v) is 2.53. The lowest BCUT2D eigenvalue weighted by Gasteiger charge is -2.25. The van der Waals surface area contributed by atoms with E-state index in [-0.39, 0.29) is 11.8 Å². The SMILES string of the molecule is CC(C)[C@@H]1NCc2sccc2C1=O. The lowest BCUT2D eigenvalue weighted by Crippen LogP contribution is -2.44. The second kappa shape index (κ2) is 3.24. The molecule has 13 heavy (non-hydrogen) atoms. The Kier molecular flexibility index (Phi) is 2.22. The van der Waals surface area contributed by atoms with Crippen molar-refractivity contribution in [3.8, 4) is 0 Å². The minimum Gasteiger partial charge on any atom is -0.302 e. The van der Waals surface area contributed by atoms with Crippen LogP contribution in [0.25, 0.3) is 0 Å². The van der Waals surface area contributed by atoms with Crippen molar-refractivity contribution in [1.29, 1.82) is 0 Å². The highest BCUT2D eigenvalue weighted by molar-refractivity contribution is 7.10. The predicted molar refractivity (Wildman–Crippen MR) is 54.1 cm³/mol. The Labute approximate surface area is 82.0 Å². The van der Waals surface area contributed by atoms with Gasteiger partial charge in [-0.2, -0.15) is 0 Å². The molecule has 2 nitrogen and oxygen atoms in total. The summed E-state index contributed by atoms with van der Waals surface area (Å²) in [4.78, 5) is 13.0. The number of Topliss-reactive ketones (excluding diaryl/α,β-unsaturated/α-hetero) is 1. The molecule has 0 unspecified atom stereocenters. The van der Waals surface area contributed by atoms with E-state index in [2.05, 4.69) is 19.2 Å². The number of hydrogen-bond acceptors (Lipinski definition) is 3. The number of ketones is 1. The summed E-state index contributed by atoms with van der Waals surface area (Å²) < 4.78 is 0. The highest BCUT2D eigenvalue weighted by Gasteiger charge is 2.29. The average Bonchev–Trinajstić information content (AvgIpc) is 2.52. The number of hydrogen-bond donors (Lipinski definition) is 1. The Hall–Kier alpha value is -0.670. The Morgan fingerprint density at radius 3 is 3.08 bits per heavy atom. The molecule has 0 spiro atoms. The molecule has 1 aromatic heterocycles. The normalized spacial score (nSPS) is 22.1. The molecule has 70 valence electrons. The third kappa shape index (κ3) is 1.42. The maximum atomic E-state index is 11.9. The van der Waals surface area contributed by atoms with Gasteiger partial charge in [0, 0.05) is 17.0 Å². The molecule has 0 fully saturated rings. The van der Waals surface area contributed by atoms with Crippen LogP contribution in [0.1, 0.15) is 29.1 Å². The van der Waals surface area contributed by atoms with E-state index in [0.29, 0.717) is 5.92 Å². The van der Waals surface area contributed by atoms with Crippen LogP contribution in [-0.2, 0) is 6.54 Å². The summed E-state index contributed by atoms with van der Waals surface area (Å²) >= 11 is 1.66. The van der Waals surface area contributed by atoms with Crippen molar-refractivity contribution >= 4 is 17.1 Å². The van der Waals surface area contributed by atoms with Crippen molar-refractivity contribution in [2.75, 3.05) is 0 Å². The highest BCUT2D eigenvalue weighted by atomic mass is 32.1. The van der Waals surface area contributed by atoms with Crippen LogP contribution in [0, 0.1) is 5.92 Å². The van der Waals surface area contributed by atoms with Crippen molar-refractivity contribution in [3.63, 3.8) is 0 Å². The van der Waals surface area contributed by atoms with Gasteiger partial charge in [0.2, 0.25) is 0 Å². The second-order valence-corrected chi connectivity index (χ2v) is 4.72.